The third-order valence-electron chi connectivity index (χ3n) is 3.40. The molecule has 0 aliphatic rings. The number of aryl methyl sites for hydroxylation is 1. The molecule has 126 valence electrons. The van der Waals surface area contributed by atoms with Crippen LogP contribution in [-0.2, 0) is 4.79 Å². The van der Waals surface area contributed by atoms with Crippen LogP contribution < -0.4 is 21.1 Å². The zero-order valence-electron chi connectivity index (χ0n) is 13.8. The predicted octanol–water partition coefficient (Wildman–Crippen LogP) is 2.54. The zero-order valence-corrected chi connectivity index (χ0v) is 13.8. The van der Waals surface area contributed by atoms with Crippen LogP contribution in [0.1, 0.15) is 22.3 Å². The maximum atomic E-state index is 12.4. The number of methoxy groups -OCH3 is 1. The molecule has 2 rings (SSSR count). The average Bonchev–Trinajstić information content (AvgIpc) is 2.57. The van der Waals surface area contributed by atoms with Gasteiger partial charge in [-0.05, 0) is 42.8 Å². The van der Waals surface area contributed by atoms with E-state index in [2.05, 4.69) is 10.6 Å². The Hall–Kier alpha value is -2.86. The van der Waals surface area contributed by atoms with Crippen molar-refractivity contribution in [3.63, 3.8) is 0 Å². The highest BCUT2D eigenvalue weighted by atomic mass is 16.5. The summed E-state index contributed by atoms with van der Waals surface area (Å²) in [6.45, 7) is 2.18. The molecular weight excluding hydrogens is 306 g/mol. The van der Waals surface area contributed by atoms with E-state index in [1.54, 1.807) is 43.5 Å². The number of hydrogen-bond donors (Lipinski definition) is 3. The average molecular weight is 327 g/mol. The van der Waals surface area contributed by atoms with E-state index in [0.29, 0.717) is 22.7 Å². The molecule has 2 aromatic carbocycles. The number of anilines is 2. The Morgan fingerprint density at radius 2 is 1.88 bits per heavy atom. The molecule has 0 spiro atoms. The van der Waals surface area contributed by atoms with Crippen LogP contribution >= 0.6 is 0 Å². The molecular formula is C18H21N3O3. The van der Waals surface area contributed by atoms with Gasteiger partial charge in [0.2, 0.25) is 5.91 Å². The minimum Gasteiger partial charge on any atom is -0.497 e. The fraction of sp³-hybridized carbons (Fsp3) is 0.222. The fourth-order valence-corrected chi connectivity index (χ4v) is 2.17. The van der Waals surface area contributed by atoms with Gasteiger partial charge >= 0.3 is 0 Å². The van der Waals surface area contributed by atoms with Crippen LogP contribution in [0.15, 0.2) is 42.5 Å². The second-order valence-electron chi connectivity index (χ2n) is 5.32. The van der Waals surface area contributed by atoms with Crippen molar-refractivity contribution in [2.24, 2.45) is 5.73 Å². The van der Waals surface area contributed by atoms with Crippen LogP contribution in [0.5, 0.6) is 5.75 Å². The van der Waals surface area contributed by atoms with E-state index < -0.39 is 0 Å². The molecule has 0 heterocycles. The lowest BCUT2D eigenvalue weighted by molar-refractivity contribution is -0.116. The van der Waals surface area contributed by atoms with Gasteiger partial charge in [-0.25, -0.2) is 0 Å². The highest BCUT2D eigenvalue weighted by molar-refractivity contribution is 6.07. The zero-order chi connectivity index (χ0) is 17.5. The van der Waals surface area contributed by atoms with E-state index >= 15 is 0 Å². The van der Waals surface area contributed by atoms with Gasteiger partial charge in [0.05, 0.1) is 18.5 Å². The first kappa shape index (κ1) is 17.5. The lowest BCUT2D eigenvalue weighted by atomic mass is 10.1. The lowest BCUT2D eigenvalue weighted by Gasteiger charge is -2.13. The minimum absolute atomic E-state index is 0.194. The van der Waals surface area contributed by atoms with Crippen LogP contribution in [0.2, 0.25) is 0 Å². The van der Waals surface area contributed by atoms with Gasteiger partial charge in [-0.3, -0.25) is 9.59 Å². The summed E-state index contributed by atoms with van der Waals surface area (Å²) in [4.78, 5) is 24.2. The minimum atomic E-state index is -0.285. The summed E-state index contributed by atoms with van der Waals surface area (Å²) in [5, 5.41) is 5.59. The standard InChI is InChI=1S/C18H21N3O3/c1-12-6-7-15(16(10-12)20-17(22)8-9-19)21-18(23)13-4-3-5-14(11-13)24-2/h3-7,10-11H,8-9,19H2,1-2H3,(H,20,22)(H,21,23). The van der Waals surface area contributed by atoms with Gasteiger partial charge in [-0.2, -0.15) is 0 Å². The number of ether oxygens (including phenoxy) is 1. The van der Waals surface area contributed by atoms with E-state index in [1.165, 1.54) is 0 Å². The monoisotopic (exact) mass is 327 g/mol. The molecule has 0 fully saturated rings. The maximum Gasteiger partial charge on any atom is 0.255 e. The topological polar surface area (TPSA) is 93.5 Å². The van der Waals surface area contributed by atoms with Gasteiger partial charge in [-0.1, -0.05) is 12.1 Å². The number of hydrogen-bond acceptors (Lipinski definition) is 4. The number of carbonyl (C=O) groups excluding carboxylic acids is 2. The molecule has 0 radical (unpaired) electrons. The Labute approximate surface area is 141 Å². The molecule has 24 heavy (non-hydrogen) atoms. The Morgan fingerprint density at radius 3 is 2.58 bits per heavy atom. The van der Waals surface area contributed by atoms with Gasteiger partial charge in [0.15, 0.2) is 0 Å². The second kappa shape index (κ2) is 8.12. The van der Waals surface area contributed by atoms with Gasteiger partial charge in [0.1, 0.15) is 5.75 Å². The Balaban J connectivity index is 2.21. The predicted molar refractivity (Wildman–Crippen MR) is 94.4 cm³/mol. The first-order valence-corrected chi connectivity index (χ1v) is 7.59. The first-order chi connectivity index (χ1) is 11.5. The molecule has 0 aromatic heterocycles. The molecule has 0 unspecified atom stereocenters. The SMILES string of the molecule is COc1cccc(C(=O)Nc2ccc(C)cc2NC(=O)CCN)c1. The number of benzene rings is 2. The van der Waals surface area contributed by atoms with E-state index in [-0.39, 0.29) is 24.8 Å². The van der Waals surface area contributed by atoms with Crippen molar-refractivity contribution in [2.75, 3.05) is 24.3 Å². The molecule has 2 amide bonds. The summed E-state index contributed by atoms with van der Waals surface area (Å²) in [7, 11) is 1.54. The number of nitrogens with one attached hydrogen (secondary N) is 2. The van der Waals surface area contributed by atoms with Crippen molar-refractivity contribution in [3.8, 4) is 5.75 Å². The van der Waals surface area contributed by atoms with Crippen LogP contribution in [0.4, 0.5) is 11.4 Å². The van der Waals surface area contributed by atoms with Crippen molar-refractivity contribution >= 4 is 23.2 Å². The summed E-state index contributed by atoms with van der Waals surface area (Å²) in [6, 6.07) is 12.3. The van der Waals surface area contributed by atoms with Crippen molar-refractivity contribution in [1.29, 1.82) is 0 Å². The van der Waals surface area contributed by atoms with Crippen LogP contribution in [-0.4, -0.2) is 25.5 Å². The first-order valence-electron chi connectivity index (χ1n) is 7.59. The van der Waals surface area contributed by atoms with Crippen LogP contribution in [0, 0.1) is 6.92 Å². The van der Waals surface area contributed by atoms with E-state index in [0.717, 1.165) is 5.56 Å². The lowest BCUT2D eigenvalue weighted by Crippen LogP contribution is -2.19. The Morgan fingerprint density at radius 1 is 1.08 bits per heavy atom. The molecule has 0 saturated carbocycles. The van der Waals surface area contributed by atoms with Crippen LogP contribution in [0.25, 0.3) is 0 Å². The van der Waals surface area contributed by atoms with Crippen molar-refractivity contribution < 1.29 is 14.3 Å². The van der Waals surface area contributed by atoms with Crippen molar-refractivity contribution in [3.05, 3.63) is 53.6 Å². The van der Waals surface area contributed by atoms with Crippen molar-refractivity contribution in [2.45, 2.75) is 13.3 Å². The van der Waals surface area contributed by atoms with Crippen LogP contribution in [0.3, 0.4) is 0 Å². The number of nitrogens with two attached hydrogens (primary N) is 1. The quantitative estimate of drug-likeness (QED) is 0.760. The third kappa shape index (κ3) is 4.57. The van der Waals surface area contributed by atoms with Gasteiger partial charge in [0.25, 0.3) is 5.91 Å². The normalized spacial score (nSPS) is 10.1. The highest BCUT2D eigenvalue weighted by Crippen LogP contribution is 2.24. The summed E-state index contributed by atoms with van der Waals surface area (Å²) in [5.74, 6) is 0.120. The van der Waals surface area contributed by atoms with Gasteiger partial charge in [-0.15, -0.1) is 0 Å². The maximum absolute atomic E-state index is 12.4. The van der Waals surface area contributed by atoms with E-state index in [9.17, 15) is 9.59 Å². The third-order valence-corrected chi connectivity index (χ3v) is 3.40. The summed E-state index contributed by atoms with van der Waals surface area (Å²) >= 11 is 0. The highest BCUT2D eigenvalue weighted by Gasteiger charge is 2.12. The van der Waals surface area contributed by atoms with E-state index in [4.69, 9.17) is 10.5 Å². The summed E-state index contributed by atoms with van der Waals surface area (Å²) in [5.41, 5.74) is 7.90. The number of carbonyl (C=O) groups is 2. The molecule has 2 aromatic rings. The molecule has 6 nitrogen and oxygen atoms in total. The smallest absolute Gasteiger partial charge is 0.255 e. The molecule has 0 aliphatic heterocycles. The van der Waals surface area contributed by atoms with E-state index in [1.807, 2.05) is 13.0 Å². The molecule has 4 N–H and O–H groups in total. The Bertz CT molecular complexity index is 744. The molecule has 0 saturated heterocycles. The fourth-order valence-electron chi connectivity index (χ4n) is 2.17. The van der Waals surface area contributed by atoms with Gasteiger partial charge in [0, 0.05) is 18.5 Å². The Kier molecular flexibility index (Phi) is 5.92. The molecule has 0 atom stereocenters. The number of rotatable bonds is 6. The van der Waals surface area contributed by atoms with Crippen molar-refractivity contribution in [1.82, 2.24) is 0 Å². The summed E-state index contributed by atoms with van der Waals surface area (Å²) in [6.07, 6.45) is 0.219. The molecule has 6 heteroatoms. The molecule has 0 bridgehead atoms. The second-order valence-corrected chi connectivity index (χ2v) is 5.32. The van der Waals surface area contributed by atoms with Gasteiger partial charge < -0.3 is 21.1 Å². The summed E-state index contributed by atoms with van der Waals surface area (Å²) < 4.78 is 5.13. The number of amides is 2. The molecule has 0 aliphatic carbocycles. The largest absolute Gasteiger partial charge is 0.497 e.